The second kappa shape index (κ2) is 8.14. The second-order valence-corrected chi connectivity index (χ2v) is 8.35. The molecule has 7 heteroatoms. The number of nitrogens with one attached hydrogen (secondary N) is 1. The van der Waals surface area contributed by atoms with Crippen LogP contribution in [0.15, 0.2) is 42.5 Å². The topological polar surface area (TPSA) is 101 Å². The van der Waals surface area contributed by atoms with Gasteiger partial charge in [-0.05, 0) is 48.2 Å². The molecule has 0 aliphatic carbocycles. The highest BCUT2D eigenvalue weighted by Crippen LogP contribution is 2.21. The Labute approximate surface area is 152 Å². The molecular formula is C19H21NO5S. The zero-order valence-electron chi connectivity index (χ0n) is 14.7. The smallest absolute Gasteiger partial charge is 0.335 e. The Morgan fingerprint density at radius 1 is 1.08 bits per heavy atom. The minimum absolute atomic E-state index is 0.0710. The van der Waals surface area contributed by atoms with Gasteiger partial charge < -0.3 is 10.4 Å². The zero-order chi connectivity index (χ0) is 19.3. The number of carboxylic acid groups (broad SMARTS) is 1. The van der Waals surface area contributed by atoms with Crippen molar-refractivity contribution in [3.05, 3.63) is 64.7 Å². The highest BCUT2D eigenvalue weighted by molar-refractivity contribution is 7.89. The number of rotatable bonds is 7. The van der Waals surface area contributed by atoms with Gasteiger partial charge in [-0.25, -0.2) is 13.2 Å². The third-order valence-corrected chi connectivity index (χ3v) is 4.81. The number of carbonyl (C=O) groups excluding carboxylic acids is 1. The van der Waals surface area contributed by atoms with E-state index in [1.807, 2.05) is 0 Å². The maximum atomic E-state index is 12.2. The minimum atomic E-state index is -3.16. The lowest BCUT2D eigenvalue weighted by atomic mass is 10.1. The van der Waals surface area contributed by atoms with E-state index >= 15 is 0 Å². The van der Waals surface area contributed by atoms with Crippen LogP contribution in [0.4, 0.5) is 5.69 Å². The average molecular weight is 375 g/mol. The van der Waals surface area contributed by atoms with Crippen molar-refractivity contribution in [2.24, 2.45) is 0 Å². The highest BCUT2D eigenvalue weighted by Gasteiger charge is 2.12. The maximum Gasteiger partial charge on any atom is 0.335 e. The fourth-order valence-corrected chi connectivity index (χ4v) is 3.42. The lowest BCUT2D eigenvalue weighted by Gasteiger charge is -2.12. The molecule has 0 saturated heterocycles. The first kappa shape index (κ1) is 19.7. The van der Waals surface area contributed by atoms with E-state index in [4.69, 9.17) is 5.11 Å². The molecule has 0 fully saturated rings. The van der Waals surface area contributed by atoms with Gasteiger partial charge in [0, 0.05) is 18.4 Å². The van der Waals surface area contributed by atoms with Gasteiger partial charge in [0.05, 0.1) is 11.3 Å². The lowest BCUT2D eigenvalue weighted by molar-refractivity contribution is -0.116. The Morgan fingerprint density at radius 2 is 1.73 bits per heavy atom. The molecule has 2 aromatic carbocycles. The van der Waals surface area contributed by atoms with Gasteiger partial charge >= 0.3 is 5.97 Å². The number of carbonyl (C=O) groups is 2. The van der Waals surface area contributed by atoms with E-state index in [9.17, 15) is 18.0 Å². The van der Waals surface area contributed by atoms with Crippen LogP contribution in [-0.4, -0.2) is 31.7 Å². The third-order valence-electron chi connectivity index (χ3n) is 3.98. The van der Waals surface area contributed by atoms with E-state index in [-0.39, 0.29) is 23.6 Å². The number of aryl methyl sites for hydroxylation is 1. The molecule has 0 aliphatic heterocycles. The molecule has 0 atom stereocenters. The van der Waals surface area contributed by atoms with Gasteiger partial charge in [-0.1, -0.05) is 24.3 Å². The van der Waals surface area contributed by atoms with Gasteiger partial charge in [-0.3, -0.25) is 4.79 Å². The van der Waals surface area contributed by atoms with Gasteiger partial charge in [-0.15, -0.1) is 0 Å². The molecule has 0 saturated carbocycles. The van der Waals surface area contributed by atoms with Gasteiger partial charge in [-0.2, -0.15) is 0 Å². The van der Waals surface area contributed by atoms with E-state index in [1.54, 1.807) is 37.3 Å². The molecule has 0 aliphatic rings. The summed E-state index contributed by atoms with van der Waals surface area (Å²) in [6.07, 6.45) is 1.89. The Balaban J connectivity index is 1.99. The average Bonchev–Trinajstić information content (AvgIpc) is 2.56. The normalized spacial score (nSPS) is 11.2. The molecule has 0 spiro atoms. The molecular weight excluding hydrogens is 354 g/mol. The number of carboxylic acids is 1. The van der Waals surface area contributed by atoms with Crippen LogP contribution in [0.5, 0.6) is 0 Å². The number of amides is 1. The Hall–Kier alpha value is -2.67. The van der Waals surface area contributed by atoms with Crippen molar-refractivity contribution < 1.29 is 23.1 Å². The van der Waals surface area contributed by atoms with E-state index in [0.717, 1.165) is 11.1 Å². The van der Waals surface area contributed by atoms with Crippen LogP contribution in [-0.2, 0) is 26.8 Å². The highest BCUT2D eigenvalue weighted by atomic mass is 32.2. The summed E-state index contributed by atoms with van der Waals surface area (Å²) in [5, 5.41) is 11.7. The van der Waals surface area contributed by atoms with E-state index in [2.05, 4.69) is 5.32 Å². The molecule has 1 amide bonds. The van der Waals surface area contributed by atoms with Crippen molar-refractivity contribution in [3.63, 3.8) is 0 Å². The molecule has 0 radical (unpaired) electrons. The van der Waals surface area contributed by atoms with Crippen LogP contribution in [0.2, 0.25) is 0 Å². The molecule has 2 aromatic rings. The number of anilines is 1. The summed E-state index contributed by atoms with van der Waals surface area (Å²) in [4.78, 5) is 23.0. The Kier molecular flexibility index (Phi) is 6.15. The summed E-state index contributed by atoms with van der Waals surface area (Å²) in [6.45, 7) is 1.78. The quantitative estimate of drug-likeness (QED) is 0.775. The number of hydrogen-bond acceptors (Lipinski definition) is 4. The molecule has 2 rings (SSSR count). The fraction of sp³-hybridized carbons (Fsp3) is 0.263. The minimum Gasteiger partial charge on any atom is -0.478 e. The zero-order valence-corrected chi connectivity index (χ0v) is 15.5. The number of sulfone groups is 1. The van der Waals surface area contributed by atoms with E-state index in [1.165, 1.54) is 18.4 Å². The van der Waals surface area contributed by atoms with Gasteiger partial charge in [0.15, 0.2) is 9.84 Å². The molecule has 2 N–H and O–H groups in total. The van der Waals surface area contributed by atoms with Crippen LogP contribution < -0.4 is 5.32 Å². The second-order valence-electron chi connectivity index (χ2n) is 6.21. The van der Waals surface area contributed by atoms with Crippen molar-refractivity contribution in [1.29, 1.82) is 0 Å². The van der Waals surface area contributed by atoms with Gasteiger partial charge in [0.2, 0.25) is 5.91 Å². The monoisotopic (exact) mass is 375 g/mol. The first-order valence-corrected chi connectivity index (χ1v) is 10.1. The standard InChI is InChI=1S/C19H21NO5S/c1-13-16(12-26(2,24)25)4-3-5-17(13)20-18(21)11-8-14-6-9-15(10-7-14)19(22)23/h3-7,9-10H,8,11-12H2,1-2H3,(H,20,21)(H,22,23). The van der Waals surface area contributed by atoms with Crippen molar-refractivity contribution in [1.82, 2.24) is 0 Å². The van der Waals surface area contributed by atoms with Gasteiger partial charge in [0.25, 0.3) is 0 Å². The van der Waals surface area contributed by atoms with Crippen molar-refractivity contribution in [2.75, 3.05) is 11.6 Å². The van der Waals surface area contributed by atoms with Crippen molar-refractivity contribution in [3.8, 4) is 0 Å². The third kappa shape index (κ3) is 5.70. The molecule has 26 heavy (non-hydrogen) atoms. The summed E-state index contributed by atoms with van der Waals surface area (Å²) in [6, 6.07) is 11.6. The van der Waals surface area contributed by atoms with Crippen LogP contribution in [0.1, 0.15) is 33.5 Å². The molecule has 0 bridgehead atoms. The molecule has 0 aromatic heterocycles. The van der Waals surface area contributed by atoms with Crippen LogP contribution >= 0.6 is 0 Å². The molecule has 138 valence electrons. The first-order chi connectivity index (χ1) is 12.2. The molecule has 0 heterocycles. The predicted molar refractivity (Wildman–Crippen MR) is 100 cm³/mol. The summed E-state index contributed by atoms with van der Waals surface area (Å²) in [5.41, 5.74) is 3.06. The largest absolute Gasteiger partial charge is 0.478 e. The maximum absolute atomic E-state index is 12.2. The SMILES string of the molecule is Cc1c(CS(C)(=O)=O)cccc1NC(=O)CCc1ccc(C(=O)O)cc1. The van der Waals surface area contributed by atoms with E-state index < -0.39 is 15.8 Å². The van der Waals surface area contributed by atoms with Crippen LogP contribution in [0, 0.1) is 6.92 Å². The molecule has 6 nitrogen and oxygen atoms in total. The predicted octanol–water partition coefficient (Wildman–Crippen LogP) is 2.81. The number of aromatic carboxylic acids is 1. The number of hydrogen-bond donors (Lipinski definition) is 2. The van der Waals surface area contributed by atoms with Crippen molar-refractivity contribution in [2.45, 2.75) is 25.5 Å². The molecule has 0 unspecified atom stereocenters. The van der Waals surface area contributed by atoms with Crippen molar-refractivity contribution >= 4 is 27.4 Å². The first-order valence-electron chi connectivity index (χ1n) is 8.04. The Bertz CT molecular complexity index is 917. The summed E-state index contributed by atoms with van der Waals surface area (Å²) >= 11 is 0. The summed E-state index contributed by atoms with van der Waals surface area (Å²) < 4.78 is 23.0. The summed E-state index contributed by atoms with van der Waals surface area (Å²) in [7, 11) is -3.16. The van der Waals surface area contributed by atoms with Crippen LogP contribution in [0.3, 0.4) is 0 Å². The number of benzene rings is 2. The van der Waals surface area contributed by atoms with E-state index in [0.29, 0.717) is 17.7 Å². The Morgan fingerprint density at radius 3 is 2.31 bits per heavy atom. The van der Waals surface area contributed by atoms with Gasteiger partial charge in [0.1, 0.15) is 0 Å². The van der Waals surface area contributed by atoms with Crippen LogP contribution in [0.25, 0.3) is 0 Å². The fourth-order valence-electron chi connectivity index (χ4n) is 2.54. The summed E-state index contributed by atoms with van der Waals surface area (Å²) in [5.74, 6) is -1.25. The lowest BCUT2D eigenvalue weighted by Crippen LogP contribution is -2.14.